The van der Waals surface area contributed by atoms with E-state index in [-0.39, 0.29) is 70.3 Å². The summed E-state index contributed by atoms with van der Waals surface area (Å²) in [6, 6.07) is 6.63. The second-order valence-electron chi connectivity index (χ2n) is 6.77. The van der Waals surface area contributed by atoms with Crippen molar-refractivity contribution < 1.29 is 84.9 Å². The van der Waals surface area contributed by atoms with Gasteiger partial charge in [-0.15, -0.1) is 0 Å². The molecule has 0 fully saturated rings. The van der Waals surface area contributed by atoms with Gasteiger partial charge in [0.25, 0.3) is 0 Å². The molecule has 12 heteroatoms. The van der Waals surface area contributed by atoms with E-state index < -0.39 is 44.2 Å². The molecule has 0 aliphatic carbocycles. The Bertz CT molecular complexity index is 766. The van der Waals surface area contributed by atoms with Crippen LogP contribution in [-0.2, 0) is 29.9 Å². The number of hydrogen-bond donors (Lipinski definition) is 4. The van der Waals surface area contributed by atoms with Gasteiger partial charge in [-0.3, -0.25) is 14.1 Å². The van der Waals surface area contributed by atoms with Crippen molar-refractivity contribution in [1.82, 2.24) is 15.7 Å². The number of carbonyl (C=O) groups excluding carboxylic acids is 3. The largest absolute Gasteiger partial charge is 1.00 e. The molecule has 0 aromatic heterocycles. The number of amides is 2. The number of carboxylic acid groups (broad SMARTS) is 1. The van der Waals surface area contributed by atoms with Gasteiger partial charge in [0, 0.05) is 6.42 Å². The van der Waals surface area contributed by atoms with Crippen molar-refractivity contribution in [2.45, 2.75) is 45.7 Å². The molecule has 10 nitrogen and oxygen atoms in total. The third-order valence-electron chi connectivity index (χ3n) is 4.42. The van der Waals surface area contributed by atoms with Gasteiger partial charge in [0.1, 0.15) is 6.04 Å². The van der Waals surface area contributed by atoms with Crippen LogP contribution in [0.5, 0.6) is 0 Å². The van der Waals surface area contributed by atoms with Crippen molar-refractivity contribution in [3.8, 4) is 0 Å². The van der Waals surface area contributed by atoms with Crippen molar-refractivity contribution in [2.75, 3.05) is 13.2 Å². The van der Waals surface area contributed by atoms with Crippen molar-refractivity contribution in [3.63, 3.8) is 0 Å². The molecule has 4 N–H and O–H groups in total. The van der Waals surface area contributed by atoms with Gasteiger partial charge < -0.3 is 25.4 Å². The monoisotopic (exact) mass is 481 g/mol. The molecule has 31 heavy (non-hydrogen) atoms. The molecule has 1 unspecified atom stereocenters. The molecule has 0 saturated heterocycles. The number of carbonyl (C=O) groups is 3. The van der Waals surface area contributed by atoms with Crippen LogP contribution in [0.3, 0.4) is 0 Å². The first-order valence-electron chi connectivity index (χ1n) is 9.66. The van der Waals surface area contributed by atoms with E-state index in [1.54, 1.807) is 44.2 Å². The third-order valence-corrected chi connectivity index (χ3v) is 5.64. The summed E-state index contributed by atoms with van der Waals surface area (Å²) in [7, 11) is -4.23. The van der Waals surface area contributed by atoms with Gasteiger partial charge in [-0.05, 0) is 18.4 Å². The predicted molar refractivity (Wildman–Crippen MR) is 108 cm³/mol. The molecule has 0 spiro atoms. The summed E-state index contributed by atoms with van der Waals surface area (Å²) in [5.74, 6) is -3.21. The van der Waals surface area contributed by atoms with Crippen molar-refractivity contribution >= 4 is 25.5 Å². The Morgan fingerprint density at radius 2 is 1.77 bits per heavy atom. The van der Waals surface area contributed by atoms with E-state index in [4.69, 9.17) is 4.52 Å². The Kier molecular flexibility index (Phi) is 14.9. The fourth-order valence-electron chi connectivity index (χ4n) is 2.67. The fraction of sp³-hybridized carbons (Fsp3) is 0.526. The topological polar surface area (TPSA) is 157 Å². The molecule has 168 valence electrons. The Hall–Kier alpha value is -0.624. The molecule has 0 saturated carbocycles. The standard InChI is InChI=1S/C19H30N3O7P.K/c1-4-13(3)17(22-30(27,28)29-5-2)19(26)21-15(18(25)20-12-16(23)24)11-14-9-7-6-8-10-14;/h6-10,13,15,17H,4-5,11-12H2,1-3H3,(H,20,25)(H,21,26)(H,23,24)(H2,22,27,28);/q;+1/p-1/t13-,15-,17-;/m0./s1. The number of hydrogen-bond acceptors (Lipinski definition) is 6. The summed E-state index contributed by atoms with van der Waals surface area (Å²) >= 11 is 0. The second kappa shape index (κ2) is 15.3. The molecule has 0 heterocycles. The van der Waals surface area contributed by atoms with Crippen LogP contribution in [0.15, 0.2) is 30.3 Å². The zero-order valence-electron chi connectivity index (χ0n) is 18.3. The summed E-state index contributed by atoms with van der Waals surface area (Å²) in [5, 5.41) is 17.8. The molecular formula is C19H29KN3O7P. The van der Waals surface area contributed by atoms with Crippen LogP contribution in [0, 0.1) is 5.92 Å². The molecule has 1 rings (SSSR count). The Labute approximate surface area is 224 Å². The van der Waals surface area contributed by atoms with Gasteiger partial charge >= 0.3 is 59.1 Å². The van der Waals surface area contributed by atoms with E-state index in [9.17, 15) is 28.9 Å². The zero-order valence-corrected chi connectivity index (χ0v) is 22.3. The van der Waals surface area contributed by atoms with Crippen LogP contribution < -0.4 is 72.2 Å². The minimum atomic E-state index is -4.23. The molecular weight excluding hydrogens is 452 g/mol. The van der Waals surface area contributed by atoms with E-state index in [1.807, 2.05) is 6.92 Å². The van der Waals surface area contributed by atoms with Gasteiger partial charge in [-0.2, -0.15) is 0 Å². The van der Waals surface area contributed by atoms with E-state index >= 15 is 0 Å². The smallest absolute Gasteiger partial charge is 0.548 e. The first kappa shape index (κ1) is 30.4. The first-order valence-corrected chi connectivity index (χ1v) is 11.2. The van der Waals surface area contributed by atoms with Crippen LogP contribution in [0.25, 0.3) is 0 Å². The number of aliphatic carboxylic acids is 1. The SMILES string of the molecule is CCOP(=O)(O)N[C@H](C(=O)N[C@@H](Cc1ccccc1)C(=O)NCC(=O)[O-])[C@@H](C)CC.[K+]. The molecule has 0 radical (unpaired) electrons. The summed E-state index contributed by atoms with van der Waals surface area (Å²) in [6.45, 7) is 4.33. The molecule has 4 atom stereocenters. The van der Waals surface area contributed by atoms with Crippen molar-refractivity contribution in [1.29, 1.82) is 0 Å². The third kappa shape index (κ3) is 11.7. The maximum atomic E-state index is 12.9. The van der Waals surface area contributed by atoms with E-state index in [0.717, 1.165) is 5.56 Å². The Morgan fingerprint density at radius 1 is 1.16 bits per heavy atom. The molecule has 0 bridgehead atoms. The van der Waals surface area contributed by atoms with Gasteiger partial charge in [0.2, 0.25) is 11.8 Å². The molecule has 0 aliphatic heterocycles. The molecule has 1 aromatic carbocycles. The van der Waals surface area contributed by atoms with Crippen LogP contribution in [0.1, 0.15) is 32.8 Å². The second-order valence-corrected chi connectivity index (χ2v) is 8.33. The van der Waals surface area contributed by atoms with Crippen LogP contribution in [0.4, 0.5) is 0 Å². The number of nitrogens with one attached hydrogen (secondary N) is 3. The average molecular weight is 482 g/mol. The minimum Gasteiger partial charge on any atom is -0.548 e. The van der Waals surface area contributed by atoms with E-state index in [1.165, 1.54) is 0 Å². The van der Waals surface area contributed by atoms with Crippen LogP contribution in [-0.4, -0.2) is 47.9 Å². The van der Waals surface area contributed by atoms with Crippen LogP contribution >= 0.6 is 7.75 Å². The number of benzene rings is 1. The first-order chi connectivity index (χ1) is 14.1. The van der Waals surface area contributed by atoms with Gasteiger partial charge in [-0.1, -0.05) is 50.6 Å². The fourth-order valence-corrected chi connectivity index (χ4v) is 3.82. The predicted octanol–water partition coefficient (Wildman–Crippen LogP) is -3.27. The van der Waals surface area contributed by atoms with E-state index in [2.05, 4.69) is 15.7 Å². The molecule has 0 aliphatic rings. The summed E-state index contributed by atoms with van der Waals surface area (Å²) in [4.78, 5) is 45.9. The Balaban J connectivity index is 0.00000900. The van der Waals surface area contributed by atoms with Gasteiger partial charge in [-0.25, -0.2) is 9.65 Å². The van der Waals surface area contributed by atoms with Crippen molar-refractivity contribution in [2.24, 2.45) is 5.92 Å². The summed E-state index contributed by atoms with van der Waals surface area (Å²) < 4.78 is 16.9. The van der Waals surface area contributed by atoms with Crippen LogP contribution in [0.2, 0.25) is 0 Å². The quantitative estimate of drug-likeness (QED) is 0.169. The Morgan fingerprint density at radius 3 is 2.29 bits per heavy atom. The normalized spacial score (nSPS) is 15.5. The zero-order chi connectivity index (χ0) is 22.7. The minimum absolute atomic E-state index is 0. The maximum absolute atomic E-state index is 12.9. The van der Waals surface area contributed by atoms with Gasteiger partial charge in [0.15, 0.2) is 0 Å². The molecule has 2 amide bonds. The summed E-state index contributed by atoms with van der Waals surface area (Å²) in [5.41, 5.74) is 0.738. The van der Waals surface area contributed by atoms with Crippen molar-refractivity contribution in [3.05, 3.63) is 35.9 Å². The number of rotatable bonds is 13. The maximum Gasteiger partial charge on any atom is 1.00 e. The number of carboxylic acids is 1. The van der Waals surface area contributed by atoms with E-state index in [0.29, 0.717) is 6.42 Å². The average Bonchev–Trinajstić information content (AvgIpc) is 2.69. The molecule has 1 aromatic rings. The summed E-state index contributed by atoms with van der Waals surface area (Å²) in [6.07, 6.45) is 0.610. The van der Waals surface area contributed by atoms with Gasteiger partial charge in [0.05, 0.1) is 25.2 Å².